The quantitative estimate of drug-likeness (QED) is 0.813. The predicted octanol–water partition coefficient (Wildman–Crippen LogP) is 1.89. The van der Waals surface area contributed by atoms with Crippen LogP contribution in [0.4, 0.5) is 4.39 Å². The van der Waals surface area contributed by atoms with Gasteiger partial charge in [-0.05, 0) is 30.0 Å². The first-order valence-electron chi connectivity index (χ1n) is 6.18. The van der Waals surface area contributed by atoms with Crippen LogP contribution in [0.25, 0.3) is 0 Å². The lowest BCUT2D eigenvalue weighted by atomic mass is 10.1. The van der Waals surface area contributed by atoms with Crippen LogP contribution in [-0.4, -0.2) is 23.7 Å². The van der Waals surface area contributed by atoms with E-state index in [-0.39, 0.29) is 24.2 Å². The number of benzene rings is 1. The Labute approximate surface area is 107 Å². The number of carbonyl (C=O) groups excluding carboxylic acids is 1. The zero-order valence-corrected chi connectivity index (χ0v) is 10.8. The third-order valence-electron chi connectivity index (χ3n) is 2.81. The first kappa shape index (κ1) is 14.6. The summed E-state index contributed by atoms with van der Waals surface area (Å²) in [6.45, 7) is 4.05. The normalized spacial score (nSPS) is 12.5. The molecule has 0 bridgehead atoms. The number of aliphatic hydroxyl groups excluding tert-OH is 1. The van der Waals surface area contributed by atoms with Gasteiger partial charge in [0.2, 0.25) is 5.91 Å². The van der Waals surface area contributed by atoms with Gasteiger partial charge < -0.3 is 10.4 Å². The number of halogens is 1. The Bertz CT molecular complexity index is 393. The second-order valence-electron chi connectivity index (χ2n) is 4.75. The molecule has 1 aromatic carbocycles. The molecule has 3 nitrogen and oxygen atoms in total. The molecular formula is C14H20FNO2. The molecule has 1 rings (SSSR count). The highest BCUT2D eigenvalue weighted by atomic mass is 19.1. The molecule has 0 radical (unpaired) electrons. The average molecular weight is 253 g/mol. The van der Waals surface area contributed by atoms with E-state index in [9.17, 15) is 14.3 Å². The molecule has 0 aliphatic carbocycles. The van der Waals surface area contributed by atoms with E-state index < -0.39 is 6.10 Å². The fourth-order valence-electron chi connectivity index (χ4n) is 1.49. The fraction of sp³-hybridized carbons (Fsp3) is 0.500. The Morgan fingerprint density at radius 3 is 2.78 bits per heavy atom. The Morgan fingerprint density at radius 2 is 2.17 bits per heavy atom. The number of hydrogen-bond donors (Lipinski definition) is 2. The Morgan fingerprint density at radius 1 is 1.44 bits per heavy atom. The second-order valence-corrected chi connectivity index (χ2v) is 4.75. The van der Waals surface area contributed by atoms with Crippen molar-refractivity contribution in [2.75, 3.05) is 6.54 Å². The Kier molecular flexibility index (Phi) is 5.78. The minimum Gasteiger partial charge on any atom is -0.391 e. The van der Waals surface area contributed by atoms with Crippen LogP contribution in [0.2, 0.25) is 0 Å². The lowest BCUT2D eigenvalue weighted by Crippen LogP contribution is -2.34. The highest BCUT2D eigenvalue weighted by Gasteiger charge is 2.10. The Hall–Kier alpha value is -1.42. The molecule has 0 saturated carbocycles. The molecule has 1 atom stereocenters. The molecule has 1 unspecified atom stereocenters. The third-order valence-corrected chi connectivity index (χ3v) is 2.81. The summed E-state index contributed by atoms with van der Waals surface area (Å²) in [5, 5.41) is 12.2. The summed E-state index contributed by atoms with van der Waals surface area (Å²) in [6.07, 6.45) is 0.276. The molecule has 0 aliphatic rings. The molecule has 0 aromatic heterocycles. The molecule has 100 valence electrons. The van der Waals surface area contributed by atoms with Crippen molar-refractivity contribution in [3.05, 3.63) is 35.6 Å². The van der Waals surface area contributed by atoms with Crippen molar-refractivity contribution < 1.29 is 14.3 Å². The van der Waals surface area contributed by atoms with Crippen molar-refractivity contribution in [3.8, 4) is 0 Å². The number of nitrogens with one attached hydrogen (secondary N) is 1. The molecule has 0 fully saturated rings. The van der Waals surface area contributed by atoms with Gasteiger partial charge >= 0.3 is 0 Å². The Balaban J connectivity index is 2.29. The summed E-state index contributed by atoms with van der Waals surface area (Å²) in [4.78, 5) is 11.5. The summed E-state index contributed by atoms with van der Waals surface area (Å²) in [6, 6.07) is 6.23. The van der Waals surface area contributed by atoms with Crippen molar-refractivity contribution in [1.29, 1.82) is 0 Å². The summed E-state index contributed by atoms with van der Waals surface area (Å²) in [5.41, 5.74) is 0.801. The molecule has 18 heavy (non-hydrogen) atoms. The SMILES string of the molecule is CC(C)C(O)CNC(=O)CCc1cccc(F)c1. The summed E-state index contributed by atoms with van der Waals surface area (Å²) < 4.78 is 12.9. The molecule has 0 saturated heterocycles. The molecular weight excluding hydrogens is 233 g/mol. The molecule has 4 heteroatoms. The lowest BCUT2D eigenvalue weighted by molar-refractivity contribution is -0.121. The van der Waals surface area contributed by atoms with E-state index >= 15 is 0 Å². The van der Waals surface area contributed by atoms with Crippen LogP contribution in [0.5, 0.6) is 0 Å². The van der Waals surface area contributed by atoms with Crippen molar-refractivity contribution in [2.45, 2.75) is 32.8 Å². The van der Waals surface area contributed by atoms with Crippen LogP contribution in [0.1, 0.15) is 25.8 Å². The molecule has 0 heterocycles. The zero-order valence-electron chi connectivity index (χ0n) is 10.8. The fourth-order valence-corrected chi connectivity index (χ4v) is 1.49. The molecule has 0 spiro atoms. The summed E-state index contributed by atoms with van der Waals surface area (Å²) in [5.74, 6) is -0.296. The van der Waals surface area contributed by atoms with Gasteiger partial charge in [0.25, 0.3) is 0 Å². The largest absolute Gasteiger partial charge is 0.391 e. The van der Waals surface area contributed by atoms with Crippen molar-refractivity contribution >= 4 is 5.91 Å². The smallest absolute Gasteiger partial charge is 0.220 e. The minimum absolute atomic E-state index is 0.119. The first-order chi connectivity index (χ1) is 8.49. The van der Waals surface area contributed by atoms with E-state index in [0.29, 0.717) is 12.8 Å². The van der Waals surface area contributed by atoms with Gasteiger partial charge in [-0.1, -0.05) is 26.0 Å². The topological polar surface area (TPSA) is 49.3 Å². The van der Waals surface area contributed by atoms with Crippen LogP contribution in [-0.2, 0) is 11.2 Å². The van der Waals surface area contributed by atoms with Crippen molar-refractivity contribution in [1.82, 2.24) is 5.32 Å². The second kappa shape index (κ2) is 7.11. The predicted molar refractivity (Wildman–Crippen MR) is 68.6 cm³/mol. The van der Waals surface area contributed by atoms with Crippen LogP contribution in [0.3, 0.4) is 0 Å². The zero-order chi connectivity index (χ0) is 13.5. The average Bonchev–Trinajstić information content (AvgIpc) is 2.33. The maximum atomic E-state index is 12.9. The van der Waals surface area contributed by atoms with Crippen molar-refractivity contribution in [2.24, 2.45) is 5.92 Å². The van der Waals surface area contributed by atoms with Gasteiger partial charge in [-0.15, -0.1) is 0 Å². The number of rotatable bonds is 6. The maximum Gasteiger partial charge on any atom is 0.220 e. The number of hydrogen-bond acceptors (Lipinski definition) is 2. The number of amides is 1. The van der Waals surface area contributed by atoms with E-state index in [0.717, 1.165) is 5.56 Å². The van der Waals surface area contributed by atoms with Gasteiger partial charge in [0.1, 0.15) is 5.82 Å². The lowest BCUT2D eigenvalue weighted by Gasteiger charge is -2.14. The van der Waals surface area contributed by atoms with Gasteiger partial charge in [0.05, 0.1) is 6.10 Å². The maximum absolute atomic E-state index is 12.9. The highest BCUT2D eigenvalue weighted by molar-refractivity contribution is 5.76. The molecule has 2 N–H and O–H groups in total. The van der Waals surface area contributed by atoms with E-state index in [2.05, 4.69) is 5.32 Å². The van der Waals surface area contributed by atoms with Crippen LogP contribution in [0, 0.1) is 11.7 Å². The van der Waals surface area contributed by atoms with Gasteiger partial charge in [-0.2, -0.15) is 0 Å². The minimum atomic E-state index is -0.525. The standard InChI is InChI=1S/C14H20FNO2/c1-10(2)13(17)9-16-14(18)7-6-11-4-3-5-12(15)8-11/h3-5,8,10,13,17H,6-7,9H2,1-2H3,(H,16,18). The highest BCUT2D eigenvalue weighted by Crippen LogP contribution is 2.06. The van der Waals surface area contributed by atoms with E-state index in [1.807, 2.05) is 13.8 Å². The van der Waals surface area contributed by atoms with Crippen LogP contribution in [0.15, 0.2) is 24.3 Å². The third kappa shape index (κ3) is 5.27. The molecule has 0 aliphatic heterocycles. The van der Waals surface area contributed by atoms with Gasteiger partial charge in [-0.3, -0.25) is 4.79 Å². The van der Waals surface area contributed by atoms with Crippen LogP contribution < -0.4 is 5.32 Å². The van der Waals surface area contributed by atoms with E-state index in [4.69, 9.17) is 0 Å². The number of aryl methyl sites for hydroxylation is 1. The van der Waals surface area contributed by atoms with Gasteiger partial charge in [0.15, 0.2) is 0 Å². The van der Waals surface area contributed by atoms with Gasteiger partial charge in [0, 0.05) is 13.0 Å². The number of aliphatic hydroxyl groups is 1. The monoisotopic (exact) mass is 253 g/mol. The van der Waals surface area contributed by atoms with Crippen LogP contribution >= 0.6 is 0 Å². The first-order valence-corrected chi connectivity index (χ1v) is 6.18. The van der Waals surface area contributed by atoms with Gasteiger partial charge in [-0.25, -0.2) is 4.39 Å². The molecule has 1 amide bonds. The molecule has 1 aromatic rings. The number of carbonyl (C=O) groups is 1. The van der Waals surface area contributed by atoms with E-state index in [1.165, 1.54) is 12.1 Å². The summed E-state index contributed by atoms with van der Waals surface area (Å²) in [7, 11) is 0. The summed E-state index contributed by atoms with van der Waals surface area (Å²) >= 11 is 0. The van der Waals surface area contributed by atoms with Crippen molar-refractivity contribution in [3.63, 3.8) is 0 Å². The van der Waals surface area contributed by atoms with E-state index in [1.54, 1.807) is 12.1 Å².